The van der Waals surface area contributed by atoms with Crippen LogP contribution in [0.5, 0.6) is 0 Å². The van der Waals surface area contributed by atoms with E-state index in [9.17, 15) is 0 Å². The predicted octanol–water partition coefficient (Wildman–Crippen LogP) is 1.75. The van der Waals surface area contributed by atoms with Gasteiger partial charge in [-0.1, -0.05) is 12.1 Å². The average Bonchev–Trinajstić information content (AvgIpc) is 2.39. The highest BCUT2D eigenvalue weighted by Crippen LogP contribution is 2.22. The first kappa shape index (κ1) is 11.0. The molecule has 1 aliphatic heterocycles. The smallest absolute Gasteiger partial charge is 0.101 e. The molecular formula is C13H17N3. The van der Waals surface area contributed by atoms with Crippen molar-refractivity contribution in [2.24, 2.45) is 0 Å². The Morgan fingerprint density at radius 1 is 1.44 bits per heavy atom. The molecule has 2 rings (SSSR count). The molecule has 0 saturated carbocycles. The molecule has 1 fully saturated rings. The van der Waals surface area contributed by atoms with Crippen LogP contribution in [0.4, 0.5) is 5.69 Å². The molecule has 0 spiro atoms. The van der Waals surface area contributed by atoms with Crippen LogP contribution in [-0.2, 0) is 0 Å². The van der Waals surface area contributed by atoms with E-state index in [2.05, 4.69) is 23.3 Å². The van der Waals surface area contributed by atoms with Crippen LogP contribution in [0, 0.1) is 11.3 Å². The third-order valence-corrected chi connectivity index (χ3v) is 3.22. The minimum Gasteiger partial charge on any atom is -0.369 e. The second-order valence-electron chi connectivity index (χ2n) is 4.24. The first-order valence-electron chi connectivity index (χ1n) is 5.75. The van der Waals surface area contributed by atoms with Crippen LogP contribution in [0.1, 0.15) is 18.4 Å². The Balaban J connectivity index is 2.19. The Morgan fingerprint density at radius 3 is 2.94 bits per heavy atom. The second kappa shape index (κ2) is 5.00. The zero-order chi connectivity index (χ0) is 11.4. The molecule has 1 N–H and O–H groups in total. The van der Waals surface area contributed by atoms with Gasteiger partial charge in [0.05, 0.1) is 11.3 Å². The van der Waals surface area contributed by atoms with Crippen molar-refractivity contribution >= 4 is 5.69 Å². The SMILES string of the molecule is CN(c1ccccc1C#N)C1CCCNC1. The van der Waals surface area contributed by atoms with E-state index >= 15 is 0 Å². The third kappa shape index (κ3) is 2.17. The van der Waals surface area contributed by atoms with E-state index in [0.29, 0.717) is 6.04 Å². The van der Waals surface area contributed by atoms with Crippen molar-refractivity contribution in [3.05, 3.63) is 29.8 Å². The van der Waals surface area contributed by atoms with E-state index in [4.69, 9.17) is 5.26 Å². The molecule has 1 aromatic rings. The summed E-state index contributed by atoms with van der Waals surface area (Å²) in [7, 11) is 2.08. The minimum atomic E-state index is 0.503. The Bertz CT molecular complexity index is 388. The van der Waals surface area contributed by atoms with E-state index in [1.165, 1.54) is 12.8 Å². The normalized spacial score (nSPS) is 20.1. The number of hydrogen-bond acceptors (Lipinski definition) is 3. The Labute approximate surface area is 96.7 Å². The largest absolute Gasteiger partial charge is 0.369 e. The molecule has 16 heavy (non-hydrogen) atoms. The van der Waals surface area contributed by atoms with Gasteiger partial charge in [0.2, 0.25) is 0 Å². The molecule has 84 valence electrons. The van der Waals surface area contributed by atoms with Gasteiger partial charge in [-0.3, -0.25) is 0 Å². The van der Waals surface area contributed by atoms with Crippen LogP contribution in [0.25, 0.3) is 0 Å². The first-order chi connectivity index (χ1) is 7.83. The molecule has 1 heterocycles. The molecule has 0 aromatic heterocycles. The zero-order valence-corrected chi connectivity index (χ0v) is 9.61. The number of anilines is 1. The molecule has 0 radical (unpaired) electrons. The van der Waals surface area contributed by atoms with E-state index in [-0.39, 0.29) is 0 Å². The molecule has 0 amide bonds. The third-order valence-electron chi connectivity index (χ3n) is 3.22. The van der Waals surface area contributed by atoms with Crippen molar-refractivity contribution in [2.75, 3.05) is 25.0 Å². The Kier molecular flexibility index (Phi) is 3.43. The summed E-state index contributed by atoms with van der Waals surface area (Å²) in [6.07, 6.45) is 2.41. The summed E-state index contributed by atoms with van der Waals surface area (Å²) < 4.78 is 0. The monoisotopic (exact) mass is 215 g/mol. The van der Waals surface area contributed by atoms with Gasteiger partial charge in [-0.15, -0.1) is 0 Å². The Morgan fingerprint density at radius 2 is 2.25 bits per heavy atom. The molecule has 1 unspecified atom stereocenters. The zero-order valence-electron chi connectivity index (χ0n) is 9.61. The summed E-state index contributed by atoms with van der Waals surface area (Å²) in [5.41, 5.74) is 1.80. The van der Waals surface area contributed by atoms with E-state index < -0.39 is 0 Å². The second-order valence-corrected chi connectivity index (χ2v) is 4.24. The van der Waals surface area contributed by atoms with Crippen molar-refractivity contribution in [3.63, 3.8) is 0 Å². The summed E-state index contributed by atoms with van der Waals surface area (Å²) >= 11 is 0. The average molecular weight is 215 g/mol. The molecule has 0 bridgehead atoms. The quantitative estimate of drug-likeness (QED) is 0.817. The lowest BCUT2D eigenvalue weighted by Crippen LogP contribution is -2.44. The number of para-hydroxylation sites is 1. The highest BCUT2D eigenvalue weighted by Gasteiger charge is 2.19. The molecule has 3 heteroatoms. The van der Waals surface area contributed by atoms with Crippen LogP contribution in [-0.4, -0.2) is 26.2 Å². The van der Waals surface area contributed by atoms with E-state index in [1.54, 1.807) is 0 Å². The first-order valence-corrected chi connectivity index (χ1v) is 5.75. The number of benzene rings is 1. The molecule has 1 saturated heterocycles. The van der Waals surface area contributed by atoms with Crippen LogP contribution in [0.2, 0.25) is 0 Å². The van der Waals surface area contributed by atoms with Crippen molar-refractivity contribution in [2.45, 2.75) is 18.9 Å². The number of likely N-dealkylation sites (N-methyl/N-ethyl adjacent to an activating group) is 1. The molecule has 3 nitrogen and oxygen atoms in total. The number of nitriles is 1. The standard InChI is InChI=1S/C13H17N3/c1-16(12-6-4-8-15-10-12)13-7-3-2-5-11(13)9-14/h2-3,5,7,12,15H,4,6,8,10H2,1H3. The Hall–Kier alpha value is -1.53. The van der Waals surface area contributed by atoms with Crippen molar-refractivity contribution < 1.29 is 0 Å². The van der Waals surface area contributed by atoms with E-state index in [0.717, 1.165) is 24.3 Å². The molecule has 1 aromatic carbocycles. The minimum absolute atomic E-state index is 0.503. The number of piperidine rings is 1. The maximum Gasteiger partial charge on any atom is 0.101 e. The van der Waals surface area contributed by atoms with Crippen LogP contribution in [0.15, 0.2) is 24.3 Å². The number of hydrogen-bond donors (Lipinski definition) is 1. The topological polar surface area (TPSA) is 39.1 Å². The highest BCUT2D eigenvalue weighted by molar-refractivity contribution is 5.59. The summed E-state index contributed by atoms with van der Waals surface area (Å²) in [5.74, 6) is 0. The number of nitrogens with zero attached hydrogens (tertiary/aromatic N) is 2. The van der Waals surface area contributed by atoms with Crippen LogP contribution in [0.3, 0.4) is 0 Å². The number of rotatable bonds is 2. The lowest BCUT2D eigenvalue weighted by Gasteiger charge is -2.33. The van der Waals surface area contributed by atoms with Gasteiger partial charge in [0.15, 0.2) is 0 Å². The van der Waals surface area contributed by atoms with Gasteiger partial charge in [0.1, 0.15) is 6.07 Å². The van der Waals surface area contributed by atoms with Gasteiger partial charge in [0.25, 0.3) is 0 Å². The van der Waals surface area contributed by atoms with Crippen LogP contribution >= 0.6 is 0 Å². The molecule has 0 aliphatic carbocycles. The van der Waals surface area contributed by atoms with E-state index in [1.807, 2.05) is 24.3 Å². The van der Waals surface area contributed by atoms with Crippen molar-refractivity contribution in [1.29, 1.82) is 5.26 Å². The lowest BCUT2D eigenvalue weighted by molar-refractivity contribution is 0.445. The maximum absolute atomic E-state index is 9.07. The molecule has 1 aliphatic rings. The molecule has 1 atom stereocenters. The maximum atomic E-state index is 9.07. The van der Waals surface area contributed by atoms with Crippen molar-refractivity contribution in [3.8, 4) is 6.07 Å². The predicted molar refractivity (Wildman–Crippen MR) is 65.5 cm³/mol. The van der Waals surface area contributed by atoms with Gasteiger partial charge >= 0.3 is 0 Å². The van der Waals surface area contributed by atoms with Gasteiger partial charge in [0, 0.05) is 19.6 Å². The van der Waals surface area contributed by atoms with Gasteiger partial charge in [-0.2, -0.15) is 5.26 Å². The highest BCUT2D eigenvalue weighted by atomic mass is 15.2. The fourth-order valence-corrected chi connectivity index (χ4v) is 2.24. The number of nitrogens with one attached hydrogen (secondary N) is 1. The van der Waals surface area contributed by atoms with Gasteiger partial charge in [-0.05, 0) is 31.5 Å². The van der Waals surface area contributed by atoms with Gasteiger partial charge in [-0.25, -0.2) is 0 Å². The lowest BCUT2D eigenvalue weighted by atomic mass is 10.0. The fourth-order valence-electron chi connectivity index (χ4n) is 2.24. The van der Waals surface area contributed by atoms with Crippen LogP contribution < -0.4 is 10.2 Å². The summed E-state index contributed by atoms with van der Waals surface area (Å²) in [6.45, 7) is 2.13. The summed E-state index contributed by atoms with van der Waals surface area (Å²) in [6, 6.07) is 10.6. The van der Waals surface area contributed by atoms with Gasteiger partial charge < -0.3 is 10.2 Å². The fraction of sp³-hybridized carbons (Fsp3) is 0.462. The molecular weight excluding hydrogens is 198 g/mol. The summed E-state index contributed by atoms with van der Waals surface area (Å²) in [4.78, 5) is 2.23. The summed E-state index contributed by atoms with van der Waals surface area (Å²) in [5, 5.41) is 12.5. The van der Waals surface area contributed by atoms with Crippen molar-refractivity contribution in [1.82, 2.24) is 5.32 Å².